The molecular weight excluding hydrogens is 294 g/mol. The SMILES string of the molecule is CCN(CCC#N)CC(=O)Nc1ccc(Br)cc1. The van der Waals surface area contributed by atoms with Gasteiger partial charge in [-0.2, -0.15) is 5.26 Å². The Labute approximate surface area is 116 Å². The number of rotatable bonds is 6. The first-order valence-electron chi connectivity index (χ1n) is 5.80. The Bertz CT molecular complexity index is 425. The molecule has 18 heavy (non-hydrogen) atoms. The number of amides is 1. The fourth-order valence-corrected chi connectivity index (χ4v) is 1.76. The number of hydrogen-bond acceptors (Lipinski definition) is 3. The van der Waals surface area contributed by atoms with Crippen LogP contribution < -0.4 is 5.32 Å². The number of likely N-dealkylation sites (N-methyl/N-ethyl adjacent to an activating group) is 1. The van der Waals surface area contributed by atoms with Crippen LogP contribution in [0, 0.1) is 11.3 Å². The lowest BCUT2D eigenvalue weighted by Crippen LogP contribution is -2.33. The van der Waals surface area contributed by atoms with Crippen molar-refractivity contribution in [1.82, 2.24) is 4.90 Å². The summed E-state index contributed by atoms with van der Waals surface area (Å²) in [6.45, 7) is 3.68. The van der Waals surface area contributed by atoms with Crippen molar-refractivity contribution in [3.05, 3.63) is 28.7 Å². The fourth-order valence-electron chi connectivity index (χ4n) is 1.49. The van der Waals surface area contributed by atoms with Gasteiger partial charge in [0.1, 0.15) is 0 Å². The summed E-state index contributed by atoms with van der Waals surface area (Å²) in [4.78, 5) is 13.7. The Morgan fingerprint density at radius 2 is 2.11 bits per heavy atom. The van der Waals surface area contributed by atoms with E-state index >= 15 is 0 Å². The normalized spacial score (nSPS) is 10.1. The van der Waals surface area contributed by atoms with E-state index in [4.69, 9.17) is 5.26 Å². The number of benzene rings is 1. The molecule has 0 radical (unpaired) electrons. The summed E-state index contributed by atoms with van der Waals surface area (Å²) < 4.78 is 0.977. The second-order valence-electron chi connectivity index (χ2n) is 3.83. The molecule has 1 rings (SSSR count). The molecule has 0 saturated carbocycles. The summed E-state index contributed by atoms with van der Waals surface area (Å²) in [7, 11) is 0. The molecule has 96 valence electrons. The van der Waals surface area contributed by atoms with Crippen LogP contribution >= 0.6 is 15.9 Å². The average molecular weight is 310 g/mol. The van der Waals surface area contributed by atoms with E-state index in [9.17, 15) is 4.79 Å². The second-order valence-corrected chi connectivity index (χ2v) is 4.75. The van der Waals surface area contributed by atoms with E-state index in [0.717, 1.165) is 16.7 Å². The molecule has 4 nitrogen and oxygen atoms in total. The van der Waals surface area contributed by atoms with Crippen LogP contribution in [0.15, 0.2) is 28.7 Å². The average Bonchev–Trinajstić information content (AvgIpc) is 2.37. The molecule has 0 aliphatic rings. The summed E-state index contributed by atoms with van der Waals surface area (Å²) in [6.07, 6.45) is 0.444. The first kappa shape index (κ1) is 14.7. The number of carbonyl (C=O) groups excluding carboxylic acids is 1. The first-order chi connectivity index (χ1) is 8.65. The van der Waals surface area contributed by atoms with Gasteiger partial charge in [0.15, 0.2) is 0 Å². The first-order valence-corrected chi connectivity index (χ1v) is 6.59. The third-order valence-electron chi connectivity index (χ3n) is 2.48. The minimum atomic E-state index is -0.0582. The molecule has 0 saturated heterocycles. The number of nitrogens with zero attached hydrogens (tertiary/aromatic N) is 2. The van der Waals surface area contributed by atoms with Crippen molar-refractivity contribution in [3.8, 4) is 6.07 Å². The molecule has 1 amide bonds. The molecule has 0 aliphatic heterocycles. The van der Waals surface area contributed by atoms with Crippen LogP contribution in [0.3, 0.4) is 0 Å². The van der Waals surface area contributed by atoms with Crippen molar-refractivity contribution in [1.29, 1.82) is 5.26 Å². The van der Waals surface area contributed by atoms with Gasteiger partial charge < -0.3 is 5.32 Å². The van der Waals surface area contributed by atoms with Crippen LogP contribution in [0.25, 0.3) is 0 Å². The molecule has 0 heterocycles. The van der Waals surface area contributed by atoms with Gasteiger partial charge in [0.25, 0.3) is 0 Å². The maximum atomic E-state index is 11.8. The van der Waals surface area contributed by atoms with Gasteiger partial charge >= 0.3 is 0 Å². The number of carbonyl (C=O) groups is 1. The van der Waals surface area contributed by atoms with Crippen LogP contribution in [0.4, 0.5) is 5.69 Å². The summed E-state index contributed by atoms with van der Waals surface area (Å²) in [5.41, 5.74) is 0.777. The van der Waals surface area contributed by atoms with E-state index in [1.54, 1.807) is 0 Å². The van der Waals surface area contributed by atoms with E-state index in [-0.39, 0.29) is 5.91 Å². The van der Waals surface area contributed by atoms with E-state index in [0.29, 0.717) is 19.5 Å². The highest BCUT2D eigenvalue weighted by Gasteiger charge is 2.08. The van der Waals surface area contributed by atoms with Gasteiger partial charge in [0.2, 0.25) is 5.91 Å². The Morgan fingerprint density at radius 3 is 2.67 bits per heavy atom. The quantitative estimate of drug-likeness (QED) is 0.879. The summed E-state index contributed by atoms with van der Waals surface area (Å²) in [5, 5.41) is 11.4. The van der Waals surface area contributed by atoms with E-state index in [1.807, 2.05) is 36.1 Å². The lowest BCUT2D eigenvalue weighted by molar-refractivity contribution is -0.117. The second kappa shape index (κ2) is 7.85. The Balaban J connectivity index is 2.45. The number of halogens is 1. The van der Waals surface area contributed by atoms with Gasteiger partial charge in [-0.3, -0.25) is 9.69 Å². The zero-order valence-corrected chi connectivity index (χ0v) is 11.9. The third kappa shape index (κ3) is 5.30. The standard InChI is InChI=1S/C13H16BrN3O/c1-2-17(9-3-8-15)10-13(18)16-12-6-4-11(14)5-7-12/h4-7H,2-3,9-10H2,1H3,(H,16,18). The van der Waals surface area contributed by atoms with Crippen molar-refractivity contribution in [2.24, 2.45) is 0 Å². The maximum absolute atomic E-state index is 11.8. The largest absolute Gasteiger partial charge is 0.325 e. The molecule has 0 fully saturated rings. The third-order valence-corrected chi connectivity index (χ3v) is 3.01. The molecule has 5 heteroatoms. The minimum absolute atomic E-state index is 0.0582. The summed E-state index contributed by atoms with van der Waals surface area (Å²) in [6, 6.07) is 9.52. The zero-order chi connectivity index (χ0) is 13.4. The zero-order valence-electron chi connectivity index (χ0n) is 10.3. The number of nitriles is 1. The Hall–Kier alpha value is -1.38. The highest BCUT2D eigenvalue weighted by molar-refractivity contribution is 9.10. The van der Waals surface area contributed by atoms with Crippen molar-refractivity contribution in [2.45, 2.75) is 13.3 Å². The van der Waals surface area contributed by atoms with Gasteiger partial charge in [0.05, 0.1) is 12.6 Å². The van der Waals surface area contributed by atoms with Gasteiger partial charge in [-0.1, -0.05) is 22.9 Å². The predicted octanol–water partition coefficient (Wildman–Crippen LogP) is 2.62. The van der Waals surface area contributed by atoms with Gasteiger partial charge in [-0.25, -0.2) is 0 Å². The van der Waals surface area contributed by atoms with Crippen molar-refractivity contribution < 1.29 is 4.79 Å². The van der Waals surface area contributed by atoms with Crippen LogP contribution in [0.1, 0.15) is 13.3 Å². The van der Waals surface area contributed by atoms with Crippen molar-refractivity contribution in [2.75, 3.05) is 25.0 Å². The summed E-state index contributed by atoms with van der Waals surface area (Å²) in [5.74, 6) is -0.0582. The molecule has 0 unspecified atom stereocenters. The molecular formula is C13H16BrN3O. The molecule has 1 aromatic carbocycles. The van der Waals surface area contributed by atoms with Gasteiger partial charge in [-0.15, -0.1) is 0 Å². The van der Waals surface area contributed by atoms with Crippen LogP contribution in [-0.2, 0) is 4.79 Å². The van der Waals surface area contributed by atoms with E-state index < -0.39 is 0 Å². The Kier molecular flexibility index (Phi) is 6.40. The lowest BCUT2D eigenvalue weighted by atomic mass is 10.3. The van der Waals surface area contributed by atoms with E-state index in [1.165, 1.54) is 0 Å². The number of hydrogen-bond donors (Lipinski definition) is 1. The fraction of sp³-hybridized carbons (Fsp3) is 0.385. The molecule has 0 spiro atoms. The number of nitrogens with one attached hydrogen (secondary N) is 1. The molecule has 1 N–H and O–H groups in total. The monoisotopic (exact) mass is 309 g/mol. The van der Waals surface area contributed by atoms with Crippen LogP contribution in [0.5, 0.6) is 0 Å². The maximum Gasteiger partial charge on any atom is 0.238 e. The molecule has 0 bridgehead atoms. The molecule has 1 aromatic rings. The van der Waals surface area contributed by atoms with Crippen LogP contribution in [-0.4, -0.2) is 30.4 Å². The highest BCUT2D eigenvalue weighted by Crippen LogP contribution is 2.13. The molecule has 0 aromatic heterocycles. The smallest absolute Gasteiger partial charge is 0.238 e. The van der Waals surface area contributed by atoms with Crippen molar-refractivity contribution in [3.63, 3.8) is 0 Å². The van der Waals surface area contributed by atoms with Crippen LogP contribution in [0.2, 0.25) is 0 Å². The van der Waals surface area contributed by atoms with Crippen molar-refractivity contribution >= 4 is 27.5 Å². The van der Waals surface area contributed by atoms with Gasteiger partial charge in [0, 0.05) is 23.1 Å². The predicted molar refractivity (Wildman–Crippen MR) is 75.1 cm³/mol. The molecule has 0 atom stereocenters. The van der Waals surface area contributed by atoms with Gasteiger partial charge in [-0.05, 0) is 30.8 Å². The Morgan fingerprint density at radius 1 is 1.44 bits per heavy atom. The molecule has 0 aliphatic carbocycles. The summed E-state index contributed by atoms with van der Waals surface area (Å²) >= 11 is 3.34. The lowest BCUT2D eigenvalue weighted by Gasteiger charge is -2.18. The highest BCUT2D eigenvalue weighted by atomic mass is 79.9. The number of anilines is 1. The topological polar surface area (TPSA) is 56.1 Å². The van der Waals surface area contributed by atoms with E-state index in [2.05, 4.69) is 27.3 Å². The minimum Gasteiger partial charge on any atom is -0.325 e.